The van der Waals surface area contributed by atoms with E-state index in [0.717, 1.165) is 19.3 Å². The van der Waals surface area contributed by atoms with Gasteiger partial charge in [0.2, 0.25) is 15.9 Å². The number of halogens is 1. The lowest BCUT2D eigenvalue weighted by molar-refractivity contribution is -0.120. The molecule has 1 aromatic heterocycles. The first kappa shape index (κ1) is 23.1. The largest absolute Gasteiger partial charge is 0.352 e. The van der Waals surface area contributed by atoms with E-state index in [1.54, 1.807) is 60.3 Å². The van der Waals surface area contributed by atoms with Crippen molar-refractivity contribution in [2.24, 2.45) is 0 Å². The summed E-state index contributed by atoms with van der Waals surface area (Å²) in [6, 6.07) is 11.3. The zero-order valence-corrected chi connectivity index (χ0v) is 19.3. The molecule has 1 N–H and O–H groups in total. The molecule has 4 rings (SSSR count). The molecule has 0 aliphatic carbocycles. The number of amides is 1. The van der Waals surface area contributed by atoms with Gasteiger partial charge in [-0.25, -0.2) is 17.8 Å². The third-order valence-electron chi connectivity index (χ3n) is 5.83. The van der Waals surface area contributed by atoms with Crippen LogP contribution in [-0.4, -0.2) is 41.3 Å². The summed E-state index contributed by atoms with van der Waals surface area (Å²) < 4.78 is 43.2. The normalized spacial score (nSPS) is 14.8. The molecule has 174 valence electrons. The van der Waals surface area contributed by atoms with Crippen LogP contribution in [0.2, 0.25) is 0 Å². The number of benzene rings is 2. The summed E-state index contributed by atoms with van der Waals surface area (Å²) in [5.74, 6) is 0.0645. The van der Waals surface area contributed by atoms with Gasteiger partial charge in [0.05, 0.1) is 17.0 Å². The second-order valence-electron chi connectivity index (χ2n) is 8.19. The molecule has 33 heavy (non-hydrogen) atoms. The number of carbonyl (C=O) groups is 1. The van der Waals surface area contributed by atoms with Crippen molar-refractivity contribution in [1.29, 1.82) is 0 Å². The summed E-state index contributed by atoms with van der Waals surface area (Å²) in [4.78, 5) is 16.7. The van der Waals surface area contributed by atoms with Gasteiger partial charge in [-0.1, -0.05) is 24.6 Å². The number of hydrogen-bond donors (Lipinski definition) is 1. The Bertz CT molecular complexity index is 1230. The summed E-state index contributed by atoms with van der Waals surface area (Å²) in [6.07, 6.45) is 6.23. The van der Waals surface area contributed by atoms with Crippen LogP contribution in [0.25, 0.3) is 5.69 Å². The summed E-state index contributed by atoms with van der Waals surface area (Å²) in [5.41, 5.74) is 1.76. The number of aromatic nitrogens is 2. The Morgan fingerprint density at radius 3 is 2.39 bits per heavy atom. The van der Waals surface area contributed by atoms with Gasteiger partial charge in [-0.15, -0.1) is 0 Å². The van der Waals surface area contributed by atoms with Gasteiger partial charge in [0.15, 0.2) is 0 Å². The minimum atomic E-state index is -3.49. The number of imidazole rings is 1. The predicted molar refractivity (Wildman–Crippen MR) is 123 cm³/mol. The number of sulfonamides is 1. The maximum Gasteiger partial charge on any atom is 0.243 e. The van der Waals surface area contributed by atoms with Crippen molar-refractivity contribution in [3.63, 3.8) is 0 Å². The summed E-state index contributed by atoms with van der Waals surface area (Å²) in [7, 11) is -3.49. The monoisotopic (exact) mass is 470 g/mol. The van der Waals surface area contributed by atoms with E-state index in [9.17, 15) is 17.6 Å². The van der Waals surface area contributed by atoms with Crippen molar-refractivity contribution < 1.29 is 17.6 Å². The molecule has 1 aliphatic rings. The number of rotatable bonds is 7. The highest BCUT2D eigenvalue weighted by atomic mass is 32.2. The second kappa shape index (κ2) is 9.84. The molecule has 9 heteroatoms. The van der Waals surface area contributed by atoms with Crippen LogP contribution in [0.15, 0.2) is 59.8 Å². The first-order chi connectivity index (χ1) is 15.8. The summed E-state index contributed by atoms with van der Waals surface area (Å²) in [6.45, 7) is 3.09. The van der Waals surface area contributed by atoms with Crippen molar-refractivity contribution >= 4 is 15.9 Å². The predicted octanol–water partition coefficient (Wildman–Crippen LogP) is 3.35. The number of nitrogens with zero attached hydrogens (tertiary/aromatic N) is 3. The fraction of sp³-hybridized carbons (Fsp3) is 0.333. The van der Waals surface area contributed by atoms with Crippen LogP contribution in [-0.2, 0) is 27.8 Å². The van der Waals surface area contributed by atoms with E-state index in [2.05, 4.69) is 10.3 Å². The lowest BCUT2D eigenvalue weighted by atomic mass is 10.1. The summed E-state index contributed by atoms with van der Waals surface area (Å²) >= 11 is 0. The maximum atomic E-state index is 14.5. The number of piperidine rings is 1. The molecular formula is C24H27FN4O3S. The van der Waals surface area contributed by atoms with Gasteiger partial charge < -0.3 is 9.88 Å². The average molecular weight is 471 g/mol. The van der Waals surface area contributed by atoms with E-state index in [1.807, 2.05) is 0 Å². The fourth-order valence-electron chi connectivity index (χ4n) is 3.97. The molecule has 1 amide bonds. The minimum absolute atomic E-state index is 0.110. The van der Waals surface area contributed by atoms with Crippen LogP contribution in [0.5, 0.6) is 0 Å². The number of aryl methyl sites for hydroxylation is 1. The Balaban J connectivity index is 1.34. The molecule has 0 bridgehead atoms. The van der Waals surface area contributed by atoms with Crippen molar-refractivity contribution in [2.75, 3.05) is 13.1 Å². The van der Waals surface area contributed by atoms with Crippen LogP contribution in [0, 0.1) is 12.7 Å². The van der Waals surface area contributed by atoms with Crippen LogP contribution in [0.4, 0.5) is 4.39 Å². The molecule has 1 saturated heterocycles. The molecular weight excluding hydrogens is 443 g/mol. The maximum absolute atomic E-state index is 14.5. The highest BCUT2D eigenvalue weighted by Crippen LogP contribution is 2.21. The van der Waals surface area contributed by atoms with Gasteiger partial charge in [0.25, 0.3) is 0 Å². The van der Waals surface area contributed by atoms with Gasteiger partial charge in [-0.3, -0.25) is 4.79 Å². The van der Waals surface area contributed by atoms with E-state index >= 15 is 0 Å². The summed E-state index contributed by atoms with van der Waals surface area (Å²) in [5, 5.41) is 2.79. The standard InChI is InChI=1S/C24H27FN4O3S/c1-18-26-11-14-29(18)23-10-7-20(15-22(23)25)17-27-24(30)16-19-5-8-21(9-6-19)33(31,32)28-12-3-2-4-13-28/h5-11,14-15H,2-4,12-13,16-17H2,1H3,(H,27,30). The minimum Gasteiger partial charge on any atom is -0.352 e. The van der Waals surface area contributed by atoms with Crippen molar-refractivity contribution in [2.45, 2.75) is 44.0 Å². The van der Waals surface area contributed by atoms with E-state index in [1.165, 1.54) is 10.4 Å². The molecule has 1 fully saturated rings. The average Bonchev–Trinajstić information content (AvgIpc) is 3.24. The Morgan fingerprint density at radius 1 is 1.06 bits per heavy atom. The van der Waals surface area contributed by atoms with Crippen molar-refractivity contribution in [3.8, 4) is 5.69 Å². The van der Waals surface area contributed by atoms with E-state index in [4.69, 9.17) is 0 Å². The molecule has 0 spiro atoms. The van der Waals surface area contributed by atoms with E-state index in [-0.39, 0.29) is 23.8 Å². The third-order valence-corrected chi connectivity index (χ3v) is 7.74. The van der Waals surface area contributed by atoms with Gasteiger partial charge in [0, 0.05) is 32.0 Å². The smallest absolute Gasteiger partial charge is 0.243 e. The first-order valence-electron chi connectivity index (χ1n) is 11.0. The molecule has 0 atom stereocenters. The fourth-order valence-corrected chi connectivity index (χ4v) is 5.49. The van der Waals surface area contributed by atoms with Crippen LogP contribution in [0.3, 0.4) is 0 Å². The van der Waals surface area contributed by atoms with E-state index in [0.29, 0.717) is 35.7 Å². The van der Waals surface area contributed by atoms with Crippen LogP contribution < -0.4 is 5.32 Å². The Hall–Kier alpha value is -3.04. The zero-order valence-electron chi connectivity index (χ0n) is 18.5. The quantitative estimate of drug-likeness (QED) is 0.574. The molecule has 2 heterocycles. The lowest BCUT2D eigenvalue weighted by Crippen LogP contribution is -2.35. The topological polar surface area (TPSA) is 84.3 Å². The first-order valence-corrected chi connectivity index (χ1v) is 12.4. The Kier molecular flexibility index (Phi) is 6.90. The SMILES string of the molecule is Cc1nccn1-c1ccc(CNC(=O)Cc2ccc(S(=O)(=O)N3CCCCC3)cc2)cc1F. The highest BCUT2D eigenvalue weighted by molar-refractivity contribution is 7.89. The third kappa shape index (κ3) is 5.31. The Morgan fingerprint density at radius 2 is 1.76 bits per heavy atom. The van der Waals surface area contributed by atoms with Gasteiger partial charge >= 0.3 is 0 Å². The number of nitrogens with one attached hydrogen (secondary N) is 1. The van der Waals surface area contributed by atoms with Crippen molar-refractivity contribution in [3.05, 3.63) is 77.6 Å². The van der Waals surface area contributed by atoms with Crippen LogP contribution in [0.1, 0.15) is 36.2 Å². The molecule has 0 unspecified atom stereocenters. The molecule has 3 aromatic rings. The Labute approximate surface area is 193 Å². The van der Waals surface area contributed by atoms with Gasteiger partial charge in [-0.2, -0.15) is 4.31 Å². The number of hydrogen-bond acceptors (Lipinski definition) is 4. The molecule has 7 nitrogen and oxygen atoms in total. The molecule has 1 aliphatic heterocycles. The van der Waals surface area contributed by atoms with Gasteiger partial charge in [-0.05, 0) is 55.2 Å². The molecule has 2 aromatic carbocycles. The molecule has 0 radical (unpaired) electrons. The second-order valence-corrected chi connectivity index (χ2v) is 10.1. The number of carbonyl (C=O) groups excluding carboxylic acids is 1. The van der Waals surface area contributed by atoms with Crippen molar-refractivity contribution in [1.82, 2.24) is 19.2 Å². The highest BCUT2D eigenvalue weighted by Gasteiger charge is 2.25. The lowest BCUT2D eigenvalue weighted by Gasteiger charge is -2.25. The zero-order chi connectivity index (χ0) is 23.4. The van der Waals surface area contributed by atoms with E-state index < -0.39 is 15.8 Å². The van der Waals surface area contributed by atoms with Crippen LogP contribution >= 0.6 is 0 Å². The molecule has 0 saturated carbocycles. The van der Waals surface area contributed by atoms with Gasteiger partial charge in [0.1, 0.15) is 11.6 Å².